The monoisotopic (exact) mass is 270 g/mol. The lowest BCUT2D eigenvalue weighted by Crippen LogP contribution is -1.83. The van der Waals surface area contributed by atoms with E-state index < -0.39 is 0 Å². The molecule has 0 aliphatic rings. The van der Waals surface area contributed by atoms with Crippen molar-refractivity contribution in [1.82, 2.24) is 0 Å². The molecule has 102 valence electrons. The maximum absolute atomic E-state index is 3.84. The van der Waals surface area contributed by atoms with Gasteiger partial charge in [-0.3, -0.25) is 0 Å². The highest BCUT2D eigenvalue weighted by Gasteiger charge is 2.02. The van der Waals surface area contributed by atoms with Crippen LogP contribution in [0.2, 0.25) is 0 Å². The molecule has 0 amide bonds. The van der Waals surface area contributed by atoms with Gasteiger partial charge in [0, 0.05) is 0 Å². The third-order valence-corrected chi connectivity index (χ3v) is 3.67. The lowest BCUT2D eigenvalue weighted by atomic mass is 9.97. The van der Waals surface area contributed by atoms with E-state index in [0.717, 1.165) is 5.56 Å². The molecule has 3 aromatic carbocycles. The van der Waals surface area contributed by atoms with Crippen LogP contribution in [0.5, 0.6) is 0 Å². The van der Waals surface area contributed by atoms with Gasteiger partial charge in [0.05, 0.1) is 0 Å². The number of rotatable bonds is 3. The first-order valence-electron chi connectivity index (χ1n) is 7.16. The van der Waals surface area contributed by atoms with Crippen molar-refractivity contribution in [3.8, 4) is 22.3 Å². The minimum atomic E-state index is 1.15. The lowest BCUT2D eigenvalue weighted by molar-refractivity contribution is 1.47. The van der Waals surface area contributed by atoms with E-state index in [1.54, 1.807) is 0 Å². The highest BCUT2D eigenvalue weighted by atomic mass is 14.1. The summed E-state index contributed by atoms with van der Waals surface area (Å²) in [5.41, 5.74) is 7.40. The van der Waals surface area contributed by atoms with Gasteiger partial charge < -0.3 is 0 Å². The molecule has 3 aromatic rings. The Labute approximate surface area is 126 Å². The number of hydrogen-bond donors (Lipinski definition) is 0. The molecule has 3 rings (SSSR count). The molecule has 0 saturated carbocycles. The van der Waals surface area contributed by atoms with Gasteiger partial charge in [-0.25, -0.2) is 0 Å². The predicted octanol–water partition coefficient (Wildman–Crippen LogP) is 5.97. The van der Waals surface area contributed by atoms with Crippen LogP contribution < -0.4 is 0 Å². The lowest BCUT2D eigenvalue weighted by Gasteiger charge is -2.07. The SMILES string of the molecule is C=Cc1cccc(-c2cccc(-c3cccc(C)c3)c2)c1. The first-order valence-corrected chi connectivity index (χ1v) is 7.16. The molecule has 0 fully saturated rings. The van der Waals surface area contributed by atoms with Crippen molar-refractivity contribution in [2.45, 2.75) is 6.92 Å². The van der Waals surface area contributed by atoms with Crippen LogP contribution in [-0.4, -0.2) is 0 Å². The molecule has 0 radical (unpaired) electrons. The fourth-order valence-corrected chi connectivity index (χ4v) is 2.55. The summed E-state index contributed by atoms with van der Waals surface area (Å²) < 4.78 is 0. The van der Waals surface area contributed by atoms with Crippen molar-refractivity contribution >= 4 is 6.08 Å². The second kappa shape index (κ2) is 5.80. The van der Waals surface area contributed by atoms with Crippen molar-refractivity contribution < 1.29 is 0 Å². The Hall–Kier alpha value is -2.60. The Morgan fingerprint density at radius 1 is 0.667 bits per heavy atom. The first-order chi connectivity index (χ1) is 10.3. The van der Waals surface area contributed by atoms with Crippen molar-refractivity contribution in [2.75, 3.05) is 0 Å². The highest BCUT2D eigenvalue weighted by molar-refractivity contribution is 5.74. The Kier molecular flexibility index (Phi) is 3.70. The highest BCUT2D eigenvalue weighted by Crippen LogP contribution is 2.27. The van der Waals surface area contributed by atoms with Crippen LogP contribution in [0.4, 0.5) is 0 Å². The Balaban J connectivity index is 2.05. The van der Waals surface area contributed by atoms with E-state index in [-0.39, 0.29) is 0 Å². The minimum Gasteiger partial charge on any atom is -0.0985 e. The Morgan fingerprint density at radius 2 is 1.19 bits per heavy atom. The molecule has 0 unspecified atom stereocenters. The number of hydrogen-bond acceptors (Lipinski definition) is 0. The van der Waals surface area contributed by atoms with Crippen molar-refractivity contribution in [1.29, 1.82) is 0 Å². The molecular formula is C21H18. The molecule has 0 aromatic heterocycles. The summed E-state index contributed by atoms with van der Waals surface area (Å²) in [7, 11) is 0. The summed E-state index contributed by atoms with van der Waals surface area (Å²) in [4.78, 5) is 0. The summed E-state index contributed by atoms with van der Waals surface area (Å²) in [6.45, 7) is 5.97. The maximum Gasteiger partial charge on any atom is -0.0178 e. The van der Waals surface area contributed by atoms with Gasteiger partial charge in [0.25, 0.3) is 0 Å². The third-order valence-electron chi connectivity index (χ3n) is 3.67. The Morgan fingerprint density at radius 3 is 1.81 bits per heavy atom. The fourth-order valence-electron chi connectivity index (χ4n) is 2.55. The van der Waals surface area contributed by atoms with Gasteiger partial charge in [0.1, 0.15) is 0 Å². The van der Waals surface area contributed by atoms with Gasteiger partial charge in [-0.2, -0.15) is 0 Å². The van der Waals surface area contributed by atoms with Crippen LogP contribution in [0.3, 0.4) is 0 Å². The van der Waals surface area contributed by atoms with E-state index in [1.165, 1.54) is 27.8 Å². The molecule has 0 aliphatic carbocycles. The summed E-state index contributed by atoms with van der Waals surface area (Å²) in [5.74, 6) is 0. The van der Waals surface area contributed by atoms with Crippen molar-refractivity contribution in [3.05, 3.63) is 90.5 Å². The molecule has 21 heavy (non-hydrogen) atoms. The van der Waals surface area contributed by atoms with Crippen LogP contribution in [0.1, 0.15) is 11.1 Å². The molecule has 0 nitrogen and oxygen atoms in total. The molecule has 0 heteroatoms. The quantitative estimate of drug-likeness (QED) is 0.550. The van der Waals surface area contributed by atoms with Gasteiger partial charge in [-0.1, -0.05) is 78.9 Å². The second-order valence-electron chi connectivity index (χ2n) is 5.28. The van der Waals surface area contributed by atoms with Crippen LogP contribution in [0.25, 0.3) is 28.3 Å². The smallest absolute Gasteiger partial charge is 0.0178 e. The van der Waals surface area contributed by atoms with Gasteiger partial charge in [0.15, 0.2) is 0 Å². The third kappa shape index (κ3) is 2.95. The molecule has 0 N–H and O–H groups in total. The summed E-state index contributed by atoms with van der Waals surface area (Å²) in [6.07, 6.45) is 1.88. The van der Waals surface area contributed by atoms with Crippen LogP contribution >= 0.6 is 0 Å². The second-order valence-corrected chi connectivity index (χ2v) is 5.28. The van der Waals surface area contributed by atoms with E-state index in [1.807, 2.05) is 6.08 Å². The van der Waals surface area contributed by atoms with Crippen LogP contribution in [0, 0.1) is 6.92 Å². The molecule has 0 saturated heterocycles. The van der Waals surface area contributed by atoms with Crippen molar-refractivity contribution in [2.24, 2.45) is 0 Å². The van der Waals surface area contributed by atoms with E-state index in [2.05, 4.69) is 86.3 Å². The Bertz CT molecular complexity index is 781. The zero-order chi connectivity index (χ0) is 14.7. The van der Waals surface area contributed by atoms with Gasteiger partial charge >= 0.3 is 0 Å². The van der Waals surface area contributed by atoms with Gasteiger partial charge in [-0.05, 0) is 46.9 Å². The molecule has 0 heterocycles. The molecular weight excluding hydrogens is 252 g/mol. The molecule has 0 aliphatic heterocycles. The standard InChI is InChI=1S/C21H18/c1-3-17-8-5-10-19(14-17)21-12-6-11-20(15-21)18-9-4-7-16(2)13-18/h3-15H,1H2,2H3. The van der Waals surface area contributed by atoms with E-state index in [9.17, 15) is 0 Å². The van der Waals surface area contributed by atoms with E-state index in [4.69, 9.17) is 0 Å². The zero-order valence-electron chi connectivity index (χ0n) is 12.2. The molecule has 0 atom stereocenters. The van der Waals surface area contributed by atoms with Crippen LogP contribution in [-0.2, 0) is 0 Å². The normalized spacial score (nSPS) is 10.3. The number of aryl methyl sites for hydroxylation is 1. The maximum atomic E-state index is 3.84. The molecule has 0 bridgehead atoms. The summed E-state index contributed by atoms with van der Waals surface area (Å²) >= 11 is 0. The minimum absolute atomic E-state index is 1.15. The largest absolute Gasteiger partial charge is 0.0985 e. The average Bonchev–Trinajstić information content (AvgIpc) is 2.55. The van der Waals surface area contributed by atoms with Crippen molar-refractivity contribution in [3.63, 3.8) is 0 Å². The summed E-state index contributed by atoms with van der Waals surface area (Å²) in [6, 6.07) is 25.8. The van der Waals surface area contributed by atoms with E-state index in [0.29, 0.717) is 0 Å². The fraction of sp³-hybridized carbons (Fsp3) is 0.0476. The topological polar surface area (TPSA) is 0 Å². The number of benzene rings is 3. The average molecular weight is 270 g/mol. The zero-order valence-corrected chi connectivity index (χ0v) is 12.2. The first kappa shape index (κ1) is 13.4. The van der Waals surface area contributed by atoms with Gasteiger partial charge in [-0.15, -0.1) is 0 Å². The predicted molar refractivity (Wildman–Crippen MR) is 92.1 cm³/mol. The van der Waals surface area contributed by atoms with Crippen LogP contribution in [0.15, 0.2) is 79.4 Å². The molecule has 0 spiro atoms. The summed E-state index contributed by atoms with van der Waals surface area (Å²) in [5, 5.41) is 0. The van der Waals surface area contributed by atoms with Gasteiger partial charge in [0.2, 0.25) is 0 Å². The van der Waals surface area contributed by atoms with E-state index >= 15 is 0 Å².